The molecule has 1 N–H and O–H groups in total. The van der Waals surface area contributed by atoms with E-state index in [9.17, 15) is 0 Å². The summed E-state index contributed by atoms with van der Waals surface area (Å²) in [6.45, 7) is 4.78. The molecule has 1 saturated carbocycles. The van der Waals surface area contributed by atoms with Gasteiger partial charge >= 0.3 is 0 Å². The second-order valence-corrected chi connectivity index (χ2v) is 7.00. The van der Waals surface area contributed by atoms with Gasteiger partial charge in [0.05, 0.1) is 0 Å². The second-order valence-electron chi connectivity index (χ2n) is 7.00. The summed E-state index contributed by atoms with van der Waals surface area (Å²) in [5.74, 6) is 1.06. The van der Waals surface area contributed by atoms with Crippen molar-refractivity contribution in [3.05, 3.63) is 23.9 Å². The number of hydrogen-bond donors (Lipinski definition) is 1. The van der Waals surface area contributed by atoms with Crippen LogP contribution < -0.4 is 5.32 Å². The van der Waals surface area contributed by atoms with Crippen molar-refractivity contribution in [2.45, 2.75) is 76.8 Å². The molecule has 1 saturated heterocycles. The second kappa shape index (κ2) is 7.96. The van der Waals surface area contributed by atoms with Crippen LogP contribution in [0.3, 0.4) is 0 Å². The molecular formula is C19H31N3. The first-order valence-corrected chi connectivity index (χ1v) is 9.33. The summed E-state index contributed by atoms with van der Waals surface area (Å²) >= 11 is 0. The highest BCUT2D eigenvalue weighted by atomic mass is 15.2. The van der Waals surface area contributed by atoms with Gasteiger partial charge < -0.3 is 5.32 Å². The van der Waals surface area contributed by atoms with Gasteiger partial charge in [0.2, 0.25) is 0 Å². The van der Waals surface area contributed by atoms with E-state index in [2.05, 4.69) is 35.5 Å². The lowest BCUT2D eigenvalue weighted by atomic mass is 9.96. The minimum atomic E-state index is 0.591. The van der Waals surface area contributed by atoms with Crippen LogP contribution in [0.15, 0.2) is 18.3 Å². The Morgan fingerprint density at radius 2 is 1.95 bits per heavy atom. The molecule has 2 heterocycles. The number of hydrogen-bond acceptors (Lipinski definition) is 3. The van der Waals surface area contributed by atoms with E-state index in [1.807, 2.05) is 0 Å². The Hall–Kier alpha value is -1.09. The lowest BCUT2D eigenvalue weighted by molar-refractivity contribution is 0.146. The first-order valence-electron chi connectivity index (χ1n) is 9.33. The van der Waals surface area contributed by atoms with Gasteiger partial charge in [-0.25, -0.2) is 4.98 Å². The Labute approximate surface area is 135 Å². The summed E-state index contributed by atoms with van der Waals surface area (Å²) in [6, 6.07) is 5.74. The molecule has 1 aromatic rings. The van der Waals surface area contributed by atoms with Crippen molar-refractivity contribution in [1.82, 2.24) is 9.88 Å². The molecule has 1 atom stereocenters. The van der Waals surface area contributed by atoms with E-state index in [4.69, 9.17) is 4.98 Å². The van der Waals surface area contributed by atoms with E-state index < -0.39 is 0 Å². The molecule has 0 aromatic carbocycles. The molecule has 2 fully saturated rings. The lowest BCUT2D eigenvalue weighted by Gasteiger charge is -2.36. The molecule has 3 nitrogen and oxygen atoms in total. The van der Waals surface area contributed by atoms with Crippen LogP contribution in [0.5, 0.6) is 0 Å². The molecule has 1 aromatic heterocycles. The van der Waals surface area contributed by atoms with E-state index >= 15 is 0 Å². The Balaban J connectivity index is 1.62. The number of nitrogens with one attached hydrogen (secondary N) is 1. The highest BCUT2D eigenvalue weighted by molar-refractivity contribution is 5.37. The number of piperidine rings is 1. The summed E-state index contributed by atoms with van der Waals surface area (Å²) in [5.41, 5.74) is 1.41. The lowest BCUT2D eigenvalue weighted by Crippen LogP contribution is -2.34. The number of likely N-dealkylation sites (tertiary alicyclic amines) is 1. The number of rotatable bonds is 6. The molecule has 0 spiro atoms. The van der Waals surface area contributed by atoms with Gasteiger partial charge in [-0.15, -0.1) is 0 Å². The Kier molecular flexibility index (Phi) is 5.71. The van der Waals surface area contributed by atoms with E-state index in [0.29, 0.717) is 12.1 Å². The van der Waals surface area contributed by atoms with Gasteiger partial charge in [-0.2, -0.15) is 0 Å². The van der Waals surface area contributed by atoms with Gasteiger partial charge in [0, 0.05) is 18.3 Å². The predicted molar refractivity (Wildman–Crippen MR) is 93.2 cm³/mol. The molecule has 22 heavy (non-hydrogen) atoms. The van der Waals surface area contributed by atoms with Gasteiger partial charge in [0.1, 0.15) is 5.82 Å². The van der Waals surface area contributed by atoms with Crippen molar-refractivity contribution < 1.29 is 0 Å². The summed E-state index contributed by atoms with van der Waals surface area (Å²) in [7, 11) is 0. The molecule has 1 aliphatic carbocycles. The van der Waals surface area contributed by atoms with Crippen LogP contribution in [0.25, 0.3) is 0 Å². The maximum absolute atomic E-state index is 4.69. The molecule has 122 valence electrons. The number of nitrogens with zero attached hydrogens (tertiary/aromatic N) is 2. The highest BCUT2D eigenvalue weighted by Crippen LogP contribution is 2.31. The van der Waals surface area contributed by atoms with E-state index in [0.717, 1.165) is 5.82 Å². The topological polar surface area (TPSA) is 28.2 Å². The van der Waals surface area contributed by atoms with Gasteiger partial charge in [0.15, 0.2) is 0 Å². The fraction of sp³-hybridized carbons (Fsp3) is 0.737. The van der Waals surface area contributed by atoms with E-state index in [-0.39, 0.29) is 0 Å². The maximum atomic E-state index is 4.69. The Bertz CT molecular complexity index is 436. The van der Waals surface area contributed by atoms with Crippen molar-refractivity contribution in [2.75, 3.05) is 18.4 Å². The zero-order valence-electron chi connectivity index (χ0n) is 14.1. The van der Waals surface area contributed by atoms with E-state index in [1.54, 1.807) is 0 Å². The maximum Gasteiger partial charge on any atom is 0.126 e. The van der Waals surface area contributed by atoms with Crippen LogP contribution in [-0.4, -0.2) is 29.0 Å². The molecule has 0 amide bonds. The SMILES string of the molecule is CCCCN1CCCC[C@H]1c1ccc(NC2CCCC2)nc1. The third kappa shape index (κ3) is 4.01. The van der Waals surface area contributed by atoms with Gasteiger partial charge in [-0.1, -0.05) is 38.7 Å². The van der Waals surface area contributed by atoms with E-state index in [1.165, 1.54) is 76.4 Å². The molecule has 0 bridgehead atoms. The third-order valence-electron chi connectivity index (χ3n) is 5.29. The van der Waals surface area contributed by atoms with Crippen LogP contribution in [-0.2, 0) is 0 Å². The van der Waals surface area contributed by atoms with Crippen LogP contribution >= 0.6 is 0 Å². The first kappa shape index (κ1) is 15.8. The van der Waals surface area contributed by atoms with Crippen molar-refractivity contribution in [3.63, 3.8) is 0 Å². The minimum Gasteiger partial charge on any atom is -0.367 e. The number of unbranched alkanes of at least 4 members (excludes halogenated alkanes) is 1. The van der Waals surface area contributed by atoms with Crippen molar-refractivity contribution >= 4 is 5.82 Å². The summed E-state index contributed by atoms with van der Waals surface area (Å²) in [5, 5.41) is 3.59. The minimum absolute atomic E-state index is 0.591. The zero-order valence-corrected chi connectivity index (χ0v) is 14.1. The van der Waals surface area contributed by atoms with Gasteiger partial charge in [-0.05, 0) is 56.8 Å². The average Bonchev–Trinajstić information content (AvgIpc) is 3.07. The smallest absolute Gasteiger partial charge is 0.126 e. The average molecular weight is 301 g/mol. The zero-order chi connectivity index (χ0) is 15.2. The van der Waals surface area contributed by atoms with Crippen molar-refractivity contribution in [2.24, 2.45) is 0 Å². The Morgan fingerprint density at radius 1 is 1.14 bits per heavy atom. The standard InChI is InChI=1S/C19H31N3/c1-2-3-13-22-14-7-6-10-18(22)16-11-12-19(20-15-16)21-17-8-4-5-9-17/h11-12,15,17-18H,2-10,13-14H2,1H3,(H,20,21)/t18-/m0/s1. The largest absolute Gasteiger partial charge is 0.367 e. The fourth-order valence-electron chi connectivity index (χ4n) is 3.96. The molecular weight excluding hydrogens is 270 g/mol. The summed E-state index contributed by atoms with van der Waals surface area (Å²) in [6.07, 6.45) is 14.1. The van der Waals surface area contributed by atoms with Crippen molar-refractivity contribution in [1.29, 1.82) is 0 Å². The molecule has 3 rings (SSSR count). The van der Waals surface area contributed by atoms with Crippen molar-refractivity contribution in [3.8, 4) is 0 Å². The number of pyridine rings is 1. The van der Waals surface area contributed by atoms with Gasteiger partial charge in [-0.3, -0.25) is 4.90 Å². The normalized spacial score (nSPS) is 23.8. The molecule has 1 aliphatic heterocycles. The predicted octanol–water partition coefficient (Wildman–Crippen LogP) is 4.76. The third-order valence-corrected chi connectivity index (χ3v) is 5.29. The van der Waals surface area contributed by atoms with Gasteiger partial charge in [0.25, 0.3) is 0 Å². The van der Waals surface area contributed by atoms with Crippen LogP contribution in [0.4, 0.5) is 5.82 Å². The molecule has 0 unspecified atom stereocenters. The summed E-state index contributed by atoms with van der Waals surface area (Å²) in [4.78, 5) is 7.37. The van der Waals surface area contributed by atoms with Crippen LogP contribution in [0.2, 0.25) is 0 Å². The van der Waals surface area contributed by atoms with Crippen LogP contribution in [0, 0.1) is 0 Å². The number of anilines is 1. The summed E-state index contributed by atoms with van der Waals surface area (Å²) < 4.78 is 0. The molecule has 3 heteroatoms. The monoisotopic (exact) mass is 301 g/mol. The first-order chi connectivity index (χ1) is 10.9. The number of aromatic nitrogens is 1. The highest BCUT2D eigenvalue weighted by Gasteiger charge is 2.23. The Morgan fingerprint density at radius 3 is 2.68 bits per heavy atom. The fourth-order valence-corrected chi connectivity index (χ4v) is 3.96. The quantitative estimate of drug-likeness (QED) is 0.821. The molecule has 2 aliphatic rings. The van der Waals surface area contributed by atoms with Crippen LogP contribution in [0.1, 0.15) is 76.3 Å². The molecule has 0 radical (unpaired) electrons.